The van der Waals surface area contributed by atoms with E-state index in [0.717, 1.165) is 11.1 Å². The van der Waals surface area contributed by atoms with Crippen LogP contribution in [0.3, 0.4) is 0 Å². The molecule has 33 heavy (non-hydrogen) atoms. The van der Waals surface area contributed by atoms with Gasteiger partial charge in [0, 0.05) is 18.9 Å². The van der Waals surface area contributed by atoms with E-state index in [1.165, 1.54) is 24.1 Å². The van der Waals surface area contributed by atoms with E-state index in [0.29, 0.717) is 23.3 Å². The van der Waals surface area contributed by atoms with E-state index < -0.39 is 17.7 Å². The Balaban J connectivity index is 1.80. The lowest BCUT2D eigenvalue weighted by Crippen LogP contribution is -2.31. The number of methoxy groups -OCH3 is 1. The van der Waals surface area contributed by atoms with Crippen LogP contribution in [0, 0.1) is 12.7 Å². The molecule has 1 aliphatic heterocycles. The molecule has 0 bridgehead atoms. The number of hydrogen-bond acceptors (Lipinski definition) is 5. The van der Waals surface area contributed by atoms with Crippen LogP contribution in [0.25, 0.3) is 5.76 Å². The Kier molecular flexibility index (Phi) is 6.22. The number of aliphatic hydroxyl groups excluding tert-OH is 1. The van der Waals surface area contributed by atoms with Crippen molar-refractivity contribution in [2.75, 3.05) is 13.7 Å². The number of carbonyl (C=O) groups excluding carboxylic acids is 2. The fourth-order valence-electron chi connectivity index (χ4n) is 4.05. The number of likely N-dealkylation sites (tertiary alicyclic amines) is 1. The van der Waals surface area contributed by atoms with Gasteiger partial charge in [-0.1, -0.05) is 29.8 Å². The Hall–Kier alpha value is -4.00. The zero-order valence-corrected chi connectivity index (χ0v) is 18.3. The molecule has 7 heteroatoms. The molecule has 0 saturated carbocycles. The Labute approximate surface area is 191 Å². The van der Waals surface area contributed by atoms with Crippen LogP contribution in [0.5, 0.6) is 5.75 Å². The first-order valence-corrected chi connectivity index (χ1v) is 10.5. The van der Waals surface area contributed by atoms with Gasteiger partial charge in [0.15, 0.2) is 0 Å². The topological polar surface area (TPSA) is 79.7 Å². The normalized spacial score (nSPS) is 17.4. The van der Waals surface area contributed by atoms with E-state index >= 15 is 0 Å². The lowest BCUT2D eigenvalue weighted by Gasteiger charge is -2.25. The van der Waals surface area contributed by atoms with Crippen molar-refractivity contribution in [3.05, 3.63) is 101 Å². The number of aromatic nitrogens is 1. The molecule has 1 fully saturated rings. The third-order valence-corrected chi connectivity index (χ3v) is 5.70. The average molecular weight is 446 g/mol. The first-order chi connectivity index (χ1) is 15.9. The maximum atomic E-state index is 13.3. The summed E-state index contributed by atoms with van der Waals surface area (Å²) < 4.78 is 18.6. The summed E-state index contributed by atoms with van der Waals surface area (Å²) in [6.07, 6.45) is 3.58. The highest BCUT2D eigenvalue weighted by atomic mass is 19.1. The van der Waals surface area contributed by atoms with Gasteiger partial charge in [0.2, 0.25) is 0 Å². The van der Waals surface area contributed by atoms with E-state index in [4.69, 9.17) is 4.74 Å². The number of halogens is 1. The van der Waals surface area contributed by atoms with Crippen molar-refractivity contribution in [1.82, 2.24) is 9.88 Å². The summed E-state index contributed by atoms with van der Waals surface area (Å²) >= 11 is 0. The quantitative estimate of drug-likeness (QED) is 0.349. The molecule has 168 valence electrons. The number of ether oxygens (including phenoxy) is 1. The van der Waals surface area contributed by atoms with Crippen molar-refractivity contribution in [2.45, 2.75) is 19.4 Å². The number of aliphatic hydroxyl groups is 1. The minimum absolute atomic E-state index is 0.0176. The van der Waals surface area contributed by atoms with Crippen LogP contribution in [-0.2, 0) is 16.0 Å². The van der Waals surface area contributed by atoms with Crippen LogP contribution in [0.4, 0.5) is 4.39 Å². The number of benzene rings is 2. The summed E-state index contributed by atoms with van der Waals surface area (Å²) in [5.41, 5.74) is 2.60. The van der Waals surface area contributed by atoms with Gasteiger partial charge in [-0.2, -0.15) is 0 Å². The molecular weight excluding hydrogens is 423 g/mol. The highest BCUT2D eigenvalue weighted by molar-refractivity contribution is 6.46. The summed E-state index contributed by atoms with van der Waals surface area (Å²) in [6.45, 7) is 2.06. The number of amides is 1. The second-order valence-corrected chi connectivity index (χ2v) is 7.86. The smallest absolute Gasteiger partial charge is 0.295 e. The summed E-state index contributed by atoms with van der Waals surface area (Å²) in [6, 6.07) is 13.9. The minimum Gasteiger partial charge on any atom is -0.507 e. The van der Waals surface area contributed by atoms with Crippen molar-refractivity contribution in [1.29, 1.82) is 0 Å². The molecule has 1 aliphatic rings. The maximum Gasteiger partial charge on any atom is 0.295 e. The maximum absolute atomic E-state index is 13.3. The zero-order valence-electron chi connectivity index (χ0n) is 18.3. The SMILES string of the molecule is COc1ccc(C)cc1/C(O)=C1\C(=O)C(=O)N(CCc2ccc(F)cc2)C1c1cccnc1. The van der Waals surface area contributed by atoms with Crippen molar-refractivity contribution >= 4 is 17.4 Å². The van der Waals surface area contributed by atoms with Crippen molar-refractivity contribution in [3.63, 3.8) is 0 Å². The van der Waals surface area contributed by atoms with Gasteiger partial charge in [-0.25, -0.2) is 4.39 Å². The van der Waals surface area contributed by atoms with Crippen LogP contribution in [0.15, 0.2) is 72.6 Å². The molecule has 2 aromatic carbocycles. The number of hydrogen-bond donors (Lipinski definition) is 1. The van der Waals surface area contributed by atoms with Gasteiger partial charge >= 0.3 is 0 Å². The number of nitrogens with zero attached hydrogens (tertiary/aromatic N) is 2. The van der Waals surface area contributed by atoms with Crippen LogP contribution in [-0.4, -0.2) is 40.3 Å². The molecule has 2 heterocycles. The first-order valence-electron chi connectivity index (χ1n) is 10.5. The number of aryl methyl sites for hydroxylation is 1. The predicted octanol–water partition coefficient (Wildman–Crippen LogP) is 4.20. The molecule has 1 atom stereocenters. The van der Waals surface area contributed by atoms with Gasteiger partial charge in [0.1, 0.15) is 17.3 Å². The van der Waals surface area contributed by atoms with E-state index in [1.807, 2.05) is 13.0 Å². The van der Waals surface area contributed by atoms with Crippen LogP contribution < -0.4 is 4.74 Å². The fourth-order valence-corrected chi connectivity index (χ4v) is 4.05. The van der Waals surface area contributed by atoms with E-state index in [1.54, 1.807) is 48.8 Å². The molecular formula is C26H23FN2O4. The molecule has 1 amide bonds. The van der Waals surface area contributed by atoms with Crippen LogP contribution in [0.1, 0.15) is 28.3 Å². The zero-order chi connectivity index (χ0) is 23.5. The largest absolute Gasteiger partial charge is 0.507 e. The first kappa shape index (κ1) is 22.2. The molecule has 1 aromatic heterocycles. The number of pyridine rings is 1. The Bertz CT molecular complexity index is 1220. The van der Waals surface area contributed by atoms with Gasteiger partial charge < -0.3 is 14.7 Å². The Morgan fingerprint density at radius 3 is 2.58 bits per heavy atom. The van der Waals surface area contributed by atoms with Gasteiger partial charge in [0.25, 0.3) is 11.7 Å². The van der Waals surface area contributed by atoms with Gasteiger partial charge in [-0.05, 0) is 54.8 Å². The second kappa shape index (κ2) is 9.24. The summed E-state index contributed by atoms with van der Waals surface area (Å²) in [5.74, 6) is -1.74. The van der Waals surface area contributed by atoms with Crippen molar-refractivity contribution < 1.29 is 23.8 Å². The van der Waals surface area contributed by atoms with E-state index in [-0.39, 0.29) is 23.7 Å². The number of carbonyl (C=O) groups is 2. The molecule has 4 rings (SSSR count). The van der Waals surface area contributed by atoms with Gasteiger partial charge in [0.05, 0.1) is 24.3 Å². The Morgan fingerprint density at radius 2 is 1.91 bits per heavy atom. The number of Topliss-reactive ketones (excluding diaryl/α,β-unsaturated/α-hetero) is 1. The minimum atomic E-state index is -0.815. The predicted molar refractivity (Wildman–Crippen MR) is 121 cm³/mol. The molecule has 6 nitrogen and oxygen atoms in total. The Morgan fingerprint density at radius 1 is 1.15 bits per heavy atom. The fraction of sp³-hybridized carbons (Fsp3) is 0.192. The standard InChI is InChI=1S/C26H23FN2O4/c1-16-5-10-21(33-2)20(14-16)24(30)22-23(18-4-3-12-28-15-18)29(26(32)25(22)31)13-11-17-6-8-19(27)9-7-17/h3-10,12,14-15,23,30H,11,13H2,1-2H3/b24-22+. The molecule has 1 saturated heterocycles. The third-order valence-electron chi connectivity index (χ3n) is 5.70. The second-order valence-electron chi connectivity index (χ2n) is 7.86. The van der Waals surface area contributed by atoms with Crippen LogP contribution in [0.2, 0.25) is 0 Å². The monoisotopic (exact) mass is 446 g/mol. The number of ketones is 1. The van der Waals surface area contributed by atoms with Crippen LogP contribution >= 0.6 is 0 Å². The number of rotatable bonds is 6. The van der Waals surface area contributed by atoms with Crippen molar-refractivity contribution in [3.8, 4) is 5.75 Å². The van der Waals surface area contributed by atoms with E-state index in [9.17, 15) is 19.1 Å². The highest BCUT2D eigenvalue weighted by Gasteiger charge is 2.46. The summed E-state index contributed by atoms with van der Waals surface area (Å²) in [5, 5.41) is 11.2. The lowest BCUT2D eigenvalue weighted by atomic mass is 9.95. The molecule has 1 unspecified atom stereocenters. The summed E-state index contributed by atoms with van der Waals surface area (Å²) in [7, 11) is 1.47. The third kappa shape index (κ3) is 4.35. The van der Waals surface area contributed by atoms with Gasteiger partial charge in [-0.15, -0.1) is 0 Å². The average Bonchev–Trinajstić information content (AvgIpc) is 3.08. The van der Waals surface area contributed by atoms with E-state index in [2.05, 4.69) is 4.98 Å². The molecule has 0 aliphatic carbocycles. The van der Waals surface area contributed by atoms with Gasteiger partial charge in [-0.3, -0.25) is 14.6 Å². The summed E-state index contributed by atoms with van der Waals surface area (Å²) in [4.78, 5) is 31.7. The molecule has 0 radical (unpaired) electrons. The lowest BCUT2D eigenvalue weighted by molar-refractivity contribution is -0.139. The van der Waals surface area contributed by atoms with Crippen molar-refractivity contribution in [2.24, 2.45) is 0 Å². The molecule has 3 aromatic rings. The molecule has 0 spiro atoms. The highest BCUT2D eigenvalue weighted by Crippen LogP contribution is 2.40. The molecule has 1 N–H and O–H groups in total.